The number of hydrogen-bond donors (Lipinski definition) is 1. The molecule has 3 rings (SSSR count). The van der Waals surface area contributed by atoms with Crippen LogP contribution in [0.4, 0.5) is 0 Å². The van der Waals surface area contributed by atoms with Crippen LogP contribution in [-0.4, -0.2) is 16.6 Å². The van der Waals surface area contributed by atoms with Gasteiger partial charge in [-0.1, -0.05) is 13.3 Å². The molecule has 1 aromatic rings. The average molecular weight is 290 g/mol. The van der Waals surface area contributed by atoms with E-state index in [0.717, 1.165) is 25.7 Å². The summed E-state index contributed by atoms with van der Waals surface area (Å²) in [4.78, 5) is 13.0. The van der Waals surface area contributed by atoms with Gasteiger partial charge in [-0.2, -0.15) is 0 Å². The van der Waals surface area contributed by atoms with Gasteiger partial charge in [0.25, 0.3) is 0 Å². The first-order chi connectivity index (χ1) is 9.66. The molecule has 0 heterocycles. The van der Waals surface area contributed by atoms with Gasteiger partial charge in [0.05, 0.1) is 0 Å². The van der Waals surface area contributed by atoms with Gasteiger partial charge in [0, 0.05) is 15.6 Å². The van der Waals surface area contributed by atoms with Gasteiger partial charge in [0.2, 0.25) is 0 Å². The minimum Gasteiger partial charge on any atom is -0.508 e. The number of phenolic OH excluding ortho intramolecular Hbond substituents is 1. The number of aldehydes is 1. The first-order valence-electron chi connectivity index (χ1n) is 7.58. The maximum absolute atomic E-state index is 11.8. The number of carbonyl (C=O) groups excluding carboxylic acids is 1. The number of carbonyl (C=O) groups is 1. The molecular weight excluding hydrogens is 268 g/mol. The lowest BCUT2D eigenvalue weighted by Crippen LogP contribution is -2.39. The van der Waals surface area contributed by atoms with E-state index in [4.69, 9.17) is 0 Å². The van der Waals surface area contributed by atoms with E-state index < -0.39 is 0 Å². The highest BCUT2D eigenvalue weighted by atomic mass is 32.2. The molecule has 0 radical (unpaired) electrons. The molecule has 2 saturated carbocycles. The zero-order valence-corrected chi connectivity index (χ0v) is 12.8. The molecule has 1 N–H and O–H groups in total. The lowest BCUT2D eigenvalue weighted by Gasteiger charge is -2.40. The maximum atomic E-state index is 11.8. The highest BCUT2D eigenvalue weighted by Gasteiger charge is 2.61. The Bertz CT molecular complexity index is 498. The summed E-state index contributed by atoms with van der Waals surface area (Å²) in [6, 6.07) is 7.47. The van der Waals surface area contributed by atoms with Crippen LogP contribution in [0, 0.1) is 10.8 Å². The molecule has 1 aromatic carbocycles. The van der Waals surface area contributed by atoms with E-state index in [0.29, 0.717) is 11.0 Å². The second kappa shape index (κ2) is 5.10. The molecule has 0 spiro atoms. The fraction of sp³-hybridized carbons (Fsp3) is 0.588. The van der Waals surface area contributed by atoms with Crippen molar-refractivity contribution in [2.45, 2.75) is 55.6 Å². The Morgan fingerprint density at radius 2 is 2.05 bits per heavy atom. The Morgan fingerprint density at radius 3 is 2.70 bits per heavy atom. The third-order valence-electron chi connectivity index (χ3n) is 5.68. The van der Waals surface area contributed by atoms with Crippen molar-refractivity contribution in [3.63, 3.8) is 0 Å². The molecule has 108 valence electrons. The highest BCUT2D eigenvalue weighted by molar-refractivity contribution is 8.00. The molecule has 0 aromatic heterocycles. The summed E-state index contributed by atoms with van der Waals surface area (Å²) in [5.41, 5.74) is 0.133. The molecule has 0 aliphatic heterocycles. The number of rotatable bonds is 4. The van der Waals surface area contributed by atoms with Crippen molar-refractivity contribution in [1.82, 2.24) is 0 Å². The molecule has 2 fully saturated rings. The van der Waals surface area contributed by atoms with Crippen LogP contribution in [0.2, 0.25) is 0 Å². The van der Waals surface area contributed by atoms with Gasteiger partial charge in [0.15, 0.2) is 0 Å². The van der Waals surface area contributed by atoms with Gasteiger partial charge >= 0.3 is 0 Å². The number of thioether (sulfide) groups is 1. The minimum absolute atomic E-state index is 0.0592. The highest BCUT2D eigenvalue weighted by Crippen LogP contribution is 2.66. The largest absolute Gasteiger partial charge is 0.508 e. The van der Waals surface area contributed by atoms with Crippen LogP contribution in [0.5, 0.6) is 5.75 Å². The van der Waals surface area contributed by atoms with Crippen LogP contribution in [0.25, 0.3) is 0 Å². The summed E-state index contributed by atoms with van der Waals surface area (Å²) < 4.78 is 0. The monoisotopic (exact) mass is 290 g/mol. The zero-order valence-electron chi connectivity index (χ0n) is 12.0. The molecule has 3 atom stereocenters. The van der Waals surface area contributed by atoms with E-state index in [2.05, 4.69) is 6.92 Å². The predicted molar refractivity (Wildman–Crippen MR) is 82.1 cm³/mol. The third kappa shape index (κ3) is 1.90. The molecule has 0 unspecified atom stereocenters. The lowest BCUT2D eigenvalue weighted by molar-refractivity contribution is -0.120. The van der Waals surface area contributed by atoms with Crippen LogP contribution in [-0.2, 0) is 4.79 Å². The van der Waals surface area contributed by atoms with Gasteiger partial charge in [-0.25, -0.2) is 0 Å². The van der Waals surface area contributed by atoms with Crippen molar-refractivity contribution in [3.05, 3.63) is 24.3 Å². The lowest BCUT2D eigenvalue weighted by atomic mass is 9.67. The molecule has 0 bridgehead atoms. The molecule has 2 aliphatic carbocycles. The second-order valence-electron chi connectivity index (χ2n) is 6.28. The predicted octanol–water partition coefficient (Wildman–Crippen LogP) is 4.41. The van der Waals surface area contributed by atoms with Crippen molar-refractivity contribution in [2.24, 2.45) is 10.8 Å². The van der Waals surface area contributed by atoms with E-state index >= 15 is 0 Å². The van der Waals surface area contributed by atoms with E-state index in [1.807, 2.05) is 23.9 Å². The Labute approximate surface area is 125 Å². The van der Waals surface area contributed by atoms with E-state index in [-0.39, 0.29) is 10.8 Å². The smallest absolute Gasteiger partial charge is 0.126 e. The van der Waals surface area contributed by atoms with Gasteiger partial charge in [-0.3, -0.25) is 0 Å². The van der Waals surface area contributed by atoms with Crippen LogP contribution in [0.15, 0.2) is 29.2 Å². The molecule has 2 aliphatic rings. The van der Waals surface area contributed by atoms with Crippen LogP contribution >= 0.6 is 11.8 Å². The van der Waals surface area contributed by atoms with Crippen molar-refractivity contribution >= 4 is 18.0 Å². The number of fused-ring (bicyclic) bond motifs is 1. The van der Waals surface area contributed by atoms with E-state index in [1.54, 1.807) is 12.1 Å². The Balaban J connectivity index is 1.87. The fourth-order valence-corrected chi connectivity index (χ4v) is 6.19. The summed E-state index contributed by atoms with van der Waals surface area (Å²) in [7, 11) is 0. The topological polar surface area (TPSA) is 37.3 Å². The van der Waals surface area contributed by atoms with Crippen molar-refractivity contribution < 1.29 is 9.90 Å². The van der Waals surface area contributed by atoms with Crippen molar-refractivity contribution in [2.75, 3.05) is 0 Å². The first kappa shape index (κ1) is 14.0. The van der Waals surface area contributed by atoms with Crippen molar-refractivity contribution in [3.8, 4) is 5.75 Å². The second-order valence-corrected chi connectivity index (χ2v) is 7.55. The normalized spacial score (nSPS) is 36.0. The standard InChI is InChI=1S/C17H22O2S/c1-2-17-10-3-9-16(17,12-18)11-8-15(17)20-14-6-4-13(19)5-7-14/h4-7,12,15,19H,2-3,8-11H2,1H3/t15-,16+,17-/m0/s1. The van der Waals surface area contributed by atoms with E-state index in [9.17, 15) is 9.90 Å². The molecule has 3 heteroatoms. The van der Waals surface area contributed by atoms with Crippen LogP contribution in [0.3, 0.4) is 0 Å². The maximum Gasteiger partial charge on any atom is 0.126 e. The summed E-state index contributed by atoms with van der Waals surface area (Å²) in [6.07, 6.45) is 8.04. The Hall–Kier alpha value is -0.960. The van der Waals surface area contributed by atoms with Gasteiger partial charge < -0.3 is 9.90 Å². The molecule has 0 saturated heterocycles. The number of benzene rings is 1. The number of phenols is 1. The summed E-state index contributed by atoms with van der Waals surface area (Å²) in [5.74, 6) is 0.314. The quantitative estimate of drug-likeness (QED) is 0.834. The molecular formula is C17H22O2S. The third-order valence-corrected chi connectivity index (χ3v) is 7.19. The Morgan fingerprint density at radius 1 is 1.30 bits per heavy atom. The summed E-state index contributed by atoms with van der Waals surface area (Å²) in [6.45, 7) is 2.25. The fourth-order valence-electron chi connectivity index (χ4n) is 4.59. The zero-order chi connectivity index (χ0) is 14.2. The first-order valence-corrected chi connectivity index (χ1v) is 8.46. The minimum atomic E-state index is -0.0592. The SMILES string of the molecule is CC[C@@]12CCC[C@]1(C=O)CC[C@@H]2Sc1ccc(O)cc1. The van der Waals surface area contributed by atoms with Crippen molar-refractivity contribution in [1.29, 1.82) is 0 Å². The molecule has 0 amide bonds. The Kier molecular flexibility index (Phi) is 3.57. The van der Waals surface area contributed by atoms with Gasteiger partial charge in [-0.15, -0.1) is 11.8 Å². The summed E-state index contributed by atoms with van der Waals surface area (Å²) in [5, 5.41) is 9.92. The van der Waals surface area contributed by atoms with Crippen LogP contribution in [0.1, 0.15) is 45.4 Å². The molecule has 20 heavy (non-hydrogen) atoms. The van der Waals surface area contributed by atoms with Crippen LogP contribution < -0.4 is 0 Å². The van der Waals surface area contributed by atoms with Gasteiger partial charge in [-0.05, 0) is 61.8 Å². The average Bonchev–Trinajstić information content (AvgIpc) is 2.97. The summed E-state index contributed by atoms with van der Waals surface area (Å²) >= 11 is 1.90. The van der Waals surface area contributed by atoms with Gasteiger partial charge in [0.1, 0.15) is 12.0 Å². The molecule has 2 nitrogen and oxygen atoms in total. The number of aromatic hydroxyl groups is 1. The number of hydrogen-bond acceptors (Lipinski definition) is 3. The van der Waals surface area contributed by atoms with E-state index in [1.165, 1.54) is 24.0 Å².